The van der Waals surface area contributed by atoms with Crippen LogP contribution in [0.4, 0.5) is 0 Å². The normalized spacial score (nSPS) is 12.3. The third kappa shape index (κ3) is 3.14. The van der Waals surface area contributed by atoms with Crippen molar-refractivity contribution in [3.05, 3.63) is 57.3 Å². The first-order valence-electron chi connectivity index (χ1n) is 7.76. The van der Waals surface area contributed by atoms with Crippen molar-refractivity contribution in [2.24, 2.45) is 14.1 Å². The molecule has 0 aliphatic rings. The van der Waals surface area contributed by atoms with Crippen LogP contribution in [-0.2, 0) is 25.4 Å². The van der Waals surface area contributed by atoms with E-state index in [-0.39, 0.29) is 29.9 Å². The van der Waals surface area contributed by atoms with Gasteiger partial charge in [-0.15, -0.1) is 0 Å². The number of hydrogen-bond acceptors (Lipinski definition) is 7. The Labute approximate surface area is 146 Å². The zero-order valence-electron chi connectivity index (χ0n) is 14.2. The van der Waals surface area contributed by atoms with E-state index in [1.807, 2.05) is 0 Å². The fourth-order valence-electron chi connectivity index (χ4n) is 2.55. The Balaban J connectivity index is 1.76. The third-order valence-corrected chi connectivity index (χ3v) is 3.93. The Morgan fingerprint density at radius 3 is 2.77 bits per heavy atom. The highest BCUT2D eigenvalue weighted by Crippen LogP contribution is 2.07. The number of esters is 1. The van der Waals surface area contributed by atoms with E-state index in [0.29, 0.717) is 0 Å². The number of hydrogen-bond donors (Lipinski definition) is 1. The van der Waals surface area contributed by atoms with Crippen molar-refractivity contribution in [1.82, 2.24) is 23.7 Å². The van der Waals surface area contributed by atoms with Crippen molar-refractivity contribution in [3.8, 4) is 0 Å². The summed E-state index contributed by atoms with van der Waals surface area (Å²) < 4.78 is 8.70. The molecule has 136 valence electrons. The van der Waals surface area contributed by atoms with E-state index in [1.165, 1.54) is 42.0 Å². The first-order chi connectivity index (χ1) is 12.4. The van der Waals surface area contributed by atoms with Crippen LogP contribution in [0.2, 0.25) is 0 Å². The van der Waals surface area contributed by atoms with E-state index in [9.17, 15) is 19.5 Å². The number of rotatable bonds is 5. The molecule has 0 fully saturated rings. The Bertz CT molecular complexity index is 1070. The number of pyridine rings is 1. The van der Waals surface area contributed by atoms with E-state index in [1.54, 1.807) is 12.1 Å². The molecule has 1 unspecified atom stereocenters. The lowest BCUT2D eigenvalue weighted by molar-refractivity contribution is 0.0219. The van der Waals surface area contributed by atoms with Gasteiger partial charge in [-0.25, -0.2) is 14.6 Å². The van der Waals surface area contributed by atoms with Crippen molar-refractivity contribution in [1.29, 1.82) is 0 Å². The van der Waals surface area contributed by atoms with Crippen LogP contribution in [-0.4, -0.2) is 47.5 Å². The minimum Gasteiger partial charge on any atom is -0.459 e. The monoisotopic (exact) mass is 359 g/mol. The average Bonchev–Trinajstić information content (AvgIpc) is 3.07. The summed E-state index contributed by atoms with van der Waals surface area (Å²) in [6.07, 6.45) is 3.19. The number of nitrogens with zero attached hydrogens (tertiary/aromatic N) is 5. The fraction of sp³-hybridized carbons (Fsp3) is 0.312. The molecule has 3 aromatic heterocycles. The smallest absolute Gasteiger partial charge is 0.339 e. The highest BCUT2D eigenvalue weighted by atomic mass is 16.5. The number of aliphatic hydroxyl groups excluding tert-OH is 1. The standard InChI is InChI=1S/C16H17N5O5/c1-19-13-12(14(23)20(2)16(19)25)21(9-18-13)7-11(22)8-26-15(24)10-4-3-5-17-6-10/h3-6,9,11,22H,7-8H2,1-2H3. The molecular weight excluding hydrogens is 342 g/mol. The van der Waals surface area contributed by atoms with Crippen LogP contribution in [0.25, 0.3) is 11.2 Å². The molecule has 0 saturated carbocycles. The number of fused-ring (bicyclic) bond motifs is 1. The molecule has 0 aromatic carbocycles. The summed E-state index contributed by atoms with van der Waals surface area (Å²) in [4.78, 5) is 44.0. The molecule has 3 aromatic rings. The molecule has 1 atom stereocenters. The summed E-state index contributed by atoms with van der Waals surface area (Å²) in [6.45, 7) is -0.288. The minimum atomic E-state index is -1.06. The van der Waals surface area contributed by atoms with Crippen LogP contribution in [0.15, 0.2) is 40.4 Å². The number of carbonyl (C=O) groups excluding carboxylic acids is 1. The first-order valence-corrected chi connectivity index (χ1v) is 7.76. The molecule has 26 heavy (non-hydrogen) atoms. The van der Waals surface area contributed by atoms with Crippen LogP contribution in [0.3, 0.4) is 0 Å². The van der Waals surface area contributed by atoms with Crippen LogP contribution in [0, 0.1) is 0 Å². The number of imidazole rings is 1. The lowest BCUT2D eigenvalue weighted by Gasteiger charge is -2.13. The summed E-state index contributed by atoms with van der Waals surface area (Å²) in [5.74, 6) is -0.606. The van der Waals surface area contributed by atoms with Gasteiger partial charge >= 0.3 is 11.7 Å². The second-order valence-electron chi connectivity index (χ2n) is 5.77. The molecule has 10 nitrogen and oxygen atoms in total. The van der Waals surface area contributed by atoms with Crippen LogP contribution >= 0.6 is 0 Å². The van der Waals surface area contributed by atoms with Crippen molar-refractivity contribution in [2.45, 2.75) is 12.6 Å². The minimum absolute atomic E-state index is 0.0235. The van der Waals surface area contributed by atoms with E-state index in [4.69, 9.17) is 4.74 Å². The van der Waals surface area contributed by atoms with Crippen molar-refractivity contribution in [2.75, 3.05) is 6.61 Å². The van der Waals surface area contributed by atoms with Crippen LogP contribution in [0.5, 0.6) is 0 Å². The van der Waals surface area contributed by atoms with Gasteiger partial charge in [0.05, 0.1) is 18.4 Å². The lowest BCUT2D eigenvalue weighted by atomic mass is 10.3. The van der Waals surface area contributed by atoms with Gasteiger partial charge in [0.25, 0.3) is 5.56 Å². The maximum Gasteiger partial charge on any atom is 0.339 e. The van der Waals surface area contributed by atoms with Gasteiger partial charge in [0.1, 0.15) is 12.7 Å². The average molecular weight is 359 g/mol. The SMILES string of the molecule is Cn1c(=O)c2c(ncn2CC(O)COC(=O)c2cccnc2)n(C)c1=O. The molecule has 3 rings (SSSR count). The van der Waals surface area contributed by atoms with Gasteiger partial charge in [-0.05, 0) is 12.1 Å². The van der Waals surface area contributed by atoms with Crippen LogP contribution < -0.4 is 11.2 Å². The molecule has 3 heterocycles. The fourth-order valence-corrected chi connectivity index (χ4v) is 2.55. The molecule has 0 aliphatic carbocycles. The first kappa shape index (κ1) is 17.5. The summed E-state index contributed by atoms with van der Waals surface area (Å²) in [7, 11) is 2.88. The van der Waals surface area contributed by atoms with E-state index in [0.717, 1.165) is 4.57 Å². The van der Waals surface area contributed by atoms with Gasteiger partial charge in [0, 0.05) is 26.5 Å². The number of carbonyl (C=O) groups is 1. The summed E-state index contributed by atoms with van der Waals surface area (Å²) >= 11 is 0. The topological polar surface area (TPSA) is 121 Å². The van der Waals surface area contributed by atoms with Crippen molar-refractivity contribution >= 4 is 17.1 Å². The van der Waals surface area contributed by atoms with Crippen molar-refractivity contribution < 1.29 is 14.6 Å². The summed E-state index contributed by atoms with van der Waals surface area (Å²) in [5, 5.41) is 10.1. The predicted molar refractivity (Wildman–Crippen MR) is 90.7 cm³/mol. The molecule has 0 aliphatic heterocycles. The molecule has 0 bridgehead atoms. The molecule has 0 spiro atoms. The van der Waals surface area contributed by atoms with Gasteiger partial charge in [0.2, 0.25) is 0 Å². The molecule has 1 N–H and O–H groups in total. The molecule has 0 radical (unpaired) electrons. The van der Waals surface area contributed by atoms with Crippen LogP contribution in [0.1, 0.15) is 10.4 Å². The van der Waals surface area contributed by atoms with Gasteiger partial charge in [0.15, 0.2) is 11.2 Å². The van der Waals surface area contributed by atoms with Gasteiger partial charge in [-0.1, -0.05) is 0 Å². The zero-order chi connectivity index (χ0) is 18.8. The quantitative estimate of drug-likeness (QED) is 0.583. The highest BCUT2D eigenvalue weighted by Gasteiger charge is 2.17. The van der Waals surface area contributed by atoms with E-state index < -0.39 is 23.3 Å². The Hall–Kier alpha value is -3.27. The number of aryl methyl sites for hydroxylation is 1. The van der Waals surface area contributed by atoms with Gasteiger partial charge in [-0.3, -0.25) is 18.9 Å². The molecule has 0 saturated heterocycles. The largest absolute Gasteiger partial charge is 0.459 e. The molecule has 0 amide bonds. The number of aromatic nitrogens is 5. The Morgan fingerprint density at radius 1 is 1.31 bits per heavy atom. The molecular formula is C16H17N5O5. The summed E-state index contributed by atoms with van der Waals surface area (Å²) in [6, 6.07) is 3.15. The predicted octanol–water partition coefficient (Wildman–Crippen LogP) is -0.953. The molecule has 10 heteroatoms. The zero-order valence-corrected chi connectivity index (χ0v) is 14.2. The Kier molecular flexibility index (Phi) is 4.67. The number of aliphatic hydroxyl groups is 1. The van der Waals surface area contributed by atoms with Gasteiger partial charge in [-0.2, -0.15) is 0 Å². The maximum atomic E-state index is 12.3. The van der Waals surface area contributed by atoms with Gasteiger partial charge < -0.3 is 14.4 Å². The Morgan fingerprint density at radius 2 is 2.08 bits per heavy atom. The van der Waals surface area contributed by atoms with E-state index in [2.05, 4.69) is 9.97 Å². The second kappa shape index (κ2) is 6.92. The maximum absolute atomic E-state index is 12.3. The summed E-state index contributed by atoms with van der Waals surface area (Å²) in [5.41, 5.74) is -0.319. The second-order valence-corrected chi connectivity index (χ2v) is 5.77. The van der Waals surface area contributed by atoms with E-state index >= 15 is 0 Å². The van der Waals surface area contributed by atoms with Crippen molar-refractivity contribution in [3.63, 3.8) is 0 Å². The number of ether oxygens (including phenoxy) is 1. The lowest BCUT2D eigenvalue weighted by Crippen LogP contribution is -2.38. The highest BCUT2D eigenvalue weighted by molar-refractivity contribution is 5.88. The third-order valence-electron chi connectivity index (χ3n) is 3.93.